The highest BCUT2D eigenvalue weighted by Gasteiger charge is 2.23. The molecule has 1 aliphatic heterocycles. The van der Waals surface area contributed by atoms with Gasteiger partial charge >= 0.3 is 5.97 Å². The third-order valence-electron chi connectivity index (χ3n) is 3.86. The van der Waals surface area contributed by atoms with Crippen LogP contribution in [0.15, 0.2) is 23.8 Å². The van der Waals surface area contributed by atoms with Gasteiger partial charge in [-0.2, -0.15) is 11.8 Å². The van der Waals surface area contributed by atoms with Crippen LogP contribution in [0.2, 0.25) is 0 Å². The van der Waals surface area contributed by atoms with Crippen LogP contribution in [0.1, 0.15) is 27.2 Å². The Morgan fingerprint density at radius 2 is 1.81 bits per heavy atom. The summed E-state index contributed by atoms with van der Waals surface area (Å²) in [4.78, 5) is 47.3. The van der Waals surface area contributed by atoms with Crippen molar-refractivity contribution in [3.63, 3.8) is 0 Å². The summed E-state index contributed by atoms with van der Waals surface area (Å²) in [5, 5.41) is 28.1. The molecule has 180 valence electrons. The molecule has 0 aromatic heterocycles. The highest BCUT2D eigenvalue weighted by Crippen LogP contribution is 2.15. The molecule has 0 bridgehead atoms. The molecule has 1 rings (SSSR count). The summed E-state index contributed by atoms with van der Waals surface area (Å²) in [6.45, 7) is 3.96. The number of amides is 3. The molecule has 0 fully saturated rings. The molecule has 0 aromatic carbocycles. The maximum absolute atomic E-state index is 12.4. The molecule has 0 radical (unpaired) electrons. The third-order valence-corrected chi connectivity index (χ3v) is 4.69. The Balaban J connectivity index is 2.57. The Hall–Kier alpha value is -2.41. The molecule has 32 heavy (non-hydrogen) atoms. The minimum atomic E-state index is -1.35. The minimum absolute atomic E-state index is 0.181. The lowest BCUT2D eigenvalue weighted by Gasteiger charge is -2.24. The Morgan fingerprint density at radius 1 is 1.09 bits per heavy atom. The fraction of sp³-hybridized carbons (Fsp3) is 0.600. The molecule has 0 saturated heterocycles. The predicted molar refractivity (Wildman–Crippen MR) is 120 cm³/mol. The number of thioether (sulfide) groups is 1. The zero-order valence-corrected chi connectivity index (χ0v) is 19.3. The van der Waals surface area contributed by atoms with E-state index in [0.29, 0.717) is 0 Å². The zero-order chi connectivity index (χ0) is 24.1. The van der Waals surface area contributed by atoms with E-state index in [1.807, 2.05) is 18.2 Å². The van der Waals surface area contributed by atoms with Gasteiger partial charge in [-0.25, -0.2) is 0 Å². The molecule has 12 heteroatoms. The Labute approximate surface area is 191 Å². The van der Waals surface area contributed by atoms with Crippen molar-refractivity contribution in [1.82, 2.24) is 21.3 Å². The van der Waals surface area contributed by atoms with E-state index in [1.165, 1.54) is 0 Å². The molecule has 0 aromatic rings. The number of aliphatic hydroxyl groups excluding tert-OH is 1. The smallest absolute Gasteiger partial charge is 0.322 e. The largest absolute Gasteiger partial charge is 0.480 e. The molecule has 6 N–H and O–H groups in total. The quantitative estimate of drug-likeness (QED) is 0.197. The Bertz CT molecular complexity index is 734. The highest BCUT2D eigenvalue weighted by molar-refractivity contribution is 7.99. The lowest BCUT2D eigenvalue weighted by atomic mass is 10.0. The van der Waals surface area contributed by atoms with Crippen LogP contribution in [-0.4, -0.2) is 83.1 Å². The first kappa shape index (κ1) is 27.6. The van der Waals surface area contributed by atoms with Crippen molar-refractivity contribution in [2.45, 2.75) is 45.2 Å². The number of aliphatic hydroxyl groups is 1. The van der Waals surface area contributed by atoms with Crippen LogP contribution in [0.4, 0.5) is 0 Å². The minimum Gasteiger partial charge on any atom is -0.480 e. The van der Waals surface area contributed by atoms with Gasteiger partial charge in [-0.1, -0.05) is 18.2 Å². The average molecular weight is 473 g/mol. The summed E-state index contributed by atoms with van der Waals surface area (Å²) in [6, 6.07) is -1.00. The van der Waals surface area contributed by atoms with E-state index in [9.17, 15) is 24.3 Å². The number of carbonyl (C=O) groups is 4. The van der Waals surface area contributed by atoms with Crippen LogP contribution in [0, 0.1) is 0 Å². The molecule has 11 nitrogen and oxygen atoms in total. The average Bonchev–Trinajstić information content (AvgIpc) is 2.95. The van der Waals surface area contributed by atoms with Crippen LogP contribution in [0.3, 0.4) is 0 Å². The van der Waals surface area contributed by atoms with E-state index >= 15 is 0 Å². The summed E-state index contributed by atoms with van der Waals surface area (Å²) in [7, 11) is 0. The van der Waals surface area contributed by atoms with Crippen molar-refractivity contribution in [2.24, 2.45) is 0 Å². The second-order valence-corrected chi connectivity index (χ2v) is 8.97. The van der Waals surface area contributed by atoms with Gasteiger partial charge in [0.2, 0.25) is 24.1 Å². The molecule has 1 aliphatic rings. The number of carbonyl (C=O) groups excluding carboxylic acids is 3. The van der Waals surface area contributed by atoms with Crippen LogP contribution in [0.25, 0.3) is 0 Å². The number of hydrogen-bond acceptors (Lipinski definition) is 8. The first-order valence-electron chi connectivity index (χ1n) is 10.0. The number of hydrogen-bond donors (Lipinski definition) is 6. The van der Waals surface area contributed by atoms with Crippen LogP contribution in [0.5, 0.6) is 0 Å². The zero-order valence-electron chi connectivity index (χ0n) is 18.5. The van der Waals surface area contributed by atoms with E-state index < -0.39 is 54.8 Å². The molecular formula is C20H32N4O7S. The summed E-state index contributed by atoms with van der Waals surface area (Å²) in [6.07, 6.45) is 4.58. The Morgan fingerprint density at radius 3 is 2.47 bits per heavy atom. The van der Waals surface area contributed by atoms with Gasteiger partial charge in [-0.05, 0) is 26.3 Å². The maximum Gasteiger partial charge on any atom is 0.322 e. The predicted octanol–water partition coefficient (Wildman–Crippen LogP) is -0.912. The molecular weight excluding hydrogens is 440 g/mol. The third kappa shape index (κ3) is 13.1. The number of rotatable bonds is 12. The number of nitrogens with one attached hydrogen (secondary N) is 4. The van der Waals surface area contributed by atoms with Crippen molar-refractivity contribution >= 4 is 35.5 Å². The molecule has 3 amide bonds. The summed E-state index contributed by atoms with van der Waals surface area (Å²) >= 11 is 1.69. The highest BCUT2D eigenvalue weighted by atomic mass is 32.2. The van der Waals surface area contributed by atoms with Gasteiger partial charge in [0.15, 0.2) is 0 Å². The van der Waals surface area contributed by atoms with Crippen LogP contribution >= 0.6 is 11.8 Å². The fourth-order valence-corrected chi connectivity index (χ4v) is 3.20. The molecule has 1 heterocycles. The van der Waals surface area contributed by atoms with Crippen molar-refractivity contribution in [3.8, 4) is 0 Å². The van der Waals surface area contributed by atoms with E-state index in [4.69, 9.17) is 9.84 Å². The summed E-state index contributed by atoms with van der Waals surface area (Å²) in [5.74, 6) is -1.43. The van der Waals surface area contributed by atoms with Crippen molar-refractivity contribution < 1.29 is 34.1 Å². The normalized spacial score (nSPS) is 15.7. The summed E-state index contributed by atoms with van der Waals surface area (Å²) < 4.78 is 5.20. The van der Waals surface area contributed by atoms with Gasteiger partial charge in [0.1, 0.15) is 12.6 Å². The van der Waals surface area contributed by atoms with Gasteiger partial charge in [0.05, 0.1) is 18.7 Å². The molecule has 2 unspecified atom stereocenters. The fourth-order valence-electron chi connectivity index (χ4n) is 2.50. The van der Waals surface area contributed by atoms with Gasteiger partial charge in [0, 0.05) is 17.9 Å². The topological polar surface area (TPSA) is 166 Å². The molecule has 2 atom stereocenters. The standard InChI is InChI=1S/C20H32N4O7S/c1-20(2,3)31-19(30)23-10-15(25)21-11-16(26)24-14(18(29)22-12-17(27)28)9-13-5-4-7-32-8-6-13/h4-6,14,19,23,30H,7-12H2,1-3H3,(H,21,25)(H,22,29)(H,24,26)(H,27,28). The van der Waals surface area contributed by atoms with Crippen LogP contribution < -0.4 is 21.3 Å². The monoisotopic (exact) mass is 472 g/mol. The first-order valence-corrected chi connectivity index (χ1v) is 11.2. The number of ether oxygens (including phenoxy) is 1. The van der Waals surface area contributed by atoms with E-state index in [1.54, 1.807) is 32.5 Å². The van der Waals surface area contributed by atoms with Crippen molar-refractivity contribution in [3.05, 3.63) is 23.8 Å². The van der Waals surface area contributed by atoms with Gasteiger partial charge < -0.3 is 30.9 Å². The lowest BCUT2D eigenvalue weighted by Crippen LogP contribution is -2.51. The first-order chi connectivity index (χ1) is 15.0. The van der Waals surface area contributed by atoms with E-state index in [0.717, 1.165) is 17.1 Å². The van der Waals surface area contributed by atoms with E-state index in [-0.39, 0.29) is 13.0 Å². The summed E-state index contributed by atoms with van der Waals surface area (Å²) in [5.41, 5.74) is 0.228. The number of aliphatic carboxylic acids is 1. The van der Waals surface area contributed by atoms with Gasteiger partial charge in [-0.3, -0.25) is 24.5 Å². The molecule has 0 spiro atoms. The number of allylic oxidation sites excluding steroid dienone is 1. The van der Waals surface area contributed by atoms with Crippen molar-refractivity contribution in [1.29, 1.82) is 0 Å². The second kappa shape index (κ2) is 13.9. The maximum atomic E-state index is 12.4. The SMILES string of the molecule is CC(C)(C)OC(O)NCC(=O)NCC(=O)NC(CC1=CCSCC=C1)C(=O)NCC(=O)O. The Kier molecular flexibility index (Phi) is 12.0. The van der Waals surface area contributed by atoms with Gasteiger partial charge in [0.25, 0.3) is 0 Å². The van der Waals surface area contributed by atoms with Crippen molar-refractivity contribution in [2.75, 3.05) is 31.1 Å². The molecule has 0 aliphatic carbocycles. The number of carboxylic acid groups (broad SMARTS) is 1. The lowest BCUT2D eigenvalue weighted by molar-refractivity contribution is -0.182. The van der Waals surface area contributed by atoms with Crippen LogP contribution in [-0.2, 0) is 23.9 Å². The number of carboxylic acids is 1. The molecule has 0 saturated carbocycles. The van der Waals surface area contributed by atoms with Gasteiger partial charge in [-0.15, -0.1) is 0 Å². The second-order valence-electron chi connectivity index (χ2n) is 7.89. The van der Waals surface area contributed by atoms with E-state index in [2.05, 4.69) is 21.3 Å².